The first kappa shape index (κ1) is 22.1. The van der Waals surface area contributed by atoms with E-state index in [2.05, 4.69) is 0 Å². The highest BCUT2D eigenvalue weighted by Crippen LogP contribution is 2.43. The van der Waals surface area contributed by atoms with Crippen LogP contribution in [0.25, 0.3) is 5.57 Å². The topological polar surface area (TPSA) is 76.1 Å². The van der Waals surface area contributed by atoms with Crippen molar-refractivity contribution in [3.05, 3.63) is 107 Å². The highest BCUT2D eigenvalue weighted by Gasteiger charge is 2.40. The highest BCUT2D eigenvalue weighted by molar-refractivity contribution is 6.05. The number of aliphatic hydroxyl groups excluding tert-OH is 1. The van der Waals surface area contributed by atoms with Crippen molar-refractivity contribution < 1.29 is 24.2 Å². The Balaban J connectivity index is 1.73. The summed E-state index contributed by atoms with van der Waals surface area (Å²) < 4.78 is 10.0. The van der Waals surface area contributed by atoms with Gasteiger partial charge in [0.2, 0.25) is 0 Å². The number of carbonyl (C=O) groups excluding carboxylic acids is 2. The Bertz CT molecular complexity index is 1170. The van der Waals surface area contributed by atoms with E-state index < -0.39 is 17.9 Å². The summed E-state index contributed by atoms with van der Waals surface area (Å²) in [5.74, 6) is -0.434. The van der Waals surface area contributed by atoms with Crippen molar-refractivity contribution in [1.82, 2.24) is 4.90 Å². The molecule has 1 aliphatic rings. The van der Waals surface area contributed by atoms with Crippen LogP contribution in [0, 0.1) is 0 Å². The van der Waals surface area contributed by atoms with Crippen LogP contribution >= 0.6 is 0 Å². The second kappa shape index (κ2) is 9.61. The van der Waals surface area contributed by atoms with E-state index in [1.807, 2.05) is 42.5 Å². The van der Waals surface area contributed by atoms with E-state index in [-0.39, 0.29) is 5.76 Å². The molecule has 6 nitrogen and oxygen atoms in total. The number of amides is 1. The number of rotatable bonds is 7. The van der Waals surface area contributed by atoms with Gasteiger partial charge in [0, 0.05) is 12.1 Å². The van der Waals surface area contributed by atoms with Gasteiger partial charge in [0.15, 0.2) is 5.76 Å². The van der Waals surface area contributed by atoms with Crippen LogP contribution in [0.1, 0.15) is 33.1 Å². The van der Waals surface area contributed by atoms with Gasteiger partial charge in [0.1, 0.15) is 5.75 Å². The lowest BCUT2D eigenvalue weighted by molar-refractivity contribution is -0.129. The Hall–Kier alpha value is -4.06. The summed E-state index contributed by atoms with van der Waals surface area (Å²) in [6.07, 6.45) is 0.645. The van der Waals surface area contributed by atoms with E-state index in [0.29, 0.717) is 29.9 Å². The Morgan fingerprint density at radius 1 is 0.939 bits per heavy atom. The number of nitrogens with zero attached hydrogens (tertiary/aromatic N) is 1. The highest BCUT2D eigenvalue weighted by atomic mass is 16.5. The number of carbonyl (C=O) groups is 2. The summed E-state index contributed by atoms with van der Waals surface area (Å²) in [7, 11) is 2.92. The normalized spacial score (nSPS) is 15.6. The summed E-state index contributed by atoms with van der Waals surface area (Å²) in [6, 6.07) is 23.6. The molecule has 0 saturated heterocycles. The average Bonchev–Trinajstić information content (AvgIpc) is 3.12. The van der Waals surface area contributed by atoms with Gasteiger partial charge in [-0.1, -0.05) is 54.6 Å². The van der Waals surface area contributed by atoms with Gasteiger partial charge in [0.25, 0.3) is 5.91 Å². The van der Waals surface area contributed by atoms with E-state index in [0.717, 1.165) is 16.7 Å². The third kappa shape index (κ3) is 4.46. The maximum atomic E-state index is 13.2. The molecule has 6 heteroatoms. The van der Waals surface area contributed by atoms with Gasteiger partial charge in [-0.15, -0.1) is 0 Å². The van der Waals surface area contributed by atoms with Crippen LogP contribution < -0.4 is 4.74 Å². The van der Waals surface area contributed by atoms with Gasteiger partial charge in [-0.05, 0) is 47.4 Å². The van der Waals surface area contributed by atoms with Crippen molar-refractivity contribution in [2.24, 2.45) is 0 Å². The maximum Gasteiger partial charge on any atom is 0.337 e. The average molecular weight is 443 g/mol. The first-order valence-corrected chi connectivity index (χ1v) is 10.6. The van der Waals surface area contributed by atoms with E-state index in [4.69, 9.17) is 9.47 Å². The minimum Gasteiger partial charge on any atom is -0.503 e. The van der Waals surface area contributed by atoms with Crippen LogP contribution in [0.15, 0.2) is 84.6 Å². The summed E-state index contributed by atoms with van der Waals surface area (Å²) >= 11 is 0. The smallest absolute Gasteiger partial charge is 0.337 e. The number of benzene rings is 3. The molecule has 0 aromatic heterocycles. The molecule has 3 aromatic carbocycles. The molecule has 0 aliphatic carbocycles. The molecule has 3 aromatic rings. The monoisotopic (exact) mass is 443 g/mol. The van der Waals surface area contributed by atoms with Crippen molar-refractivity contribution in [3.8, 4) is 5.75 Å². The Morgan fingerprint density at radius 3 is 2.21 bits per heavy atom. The third-order valence-corrected chi connectivity index (χ3v) is 5.84. The van der Waals surface area contributed by atoms with E-state index in [9.17, 15) is 14.7 Å². The third-order valence-electron chi connectivity index (χ3n) is 5.84. The lowest BCUT2D eigenvalue weighted by Crippen LogP contribution is -2.32. The molecule has 168 valence electrons. The zero-order valence-corrected chi connectivity index (χ0v) is 18.5. The molecular weight excluding hydrogens is 418 g/mol. The summed E-state index contributed by atoms with van der Waals surface area (Å²) in [4.78, 5) is 26.7. The largest absolute Gasteiger partial charge is 0.503 e. The predicted molar refractivity (Wildman–Crippen MR) is 125 cm³/mol. The van der Waals surface area contributed by atoms with Crippen molar-refractivity contribution in [2.45, 2.75) is 12.5 Å². The maximum absolute atomic E-state index is 13.2. The molecule has 33 heavy (non-hydrogen) atoms. The SMILES string of the molecule is COC(=O)c1ccc([C@@H]2C(c3ccc(OC)cc3)=C(O)C(=O)N2CCc2ccccc2)cc1. The van der Waals surface area contributed by atoms with Crippen LogP contribution in [-0.2, 0) is 16.0 Å². The van der Waals surface area contributed by atoms with Gasteiger partial charge in [0.05, 0.1) is 25.8 Å². The van der Waals surface area contributed by atoms with Crippen LogP contribution in [-0.4, -0.2) is 42.6 Å². The van der Waals surface area contributed by atoms with Crippen molar-refractivity contribution in [2.75, 3.05) is 20.8 Å². The number of aliphatic hydroxyl groups is 1. The first-order chi connectivity index (χ1) is 16.0. The molecule has 1 heterocycles. The minimum absolute atomic E-state index is 0.268. The zero-order chi connectivity index (χ0) is 23.4. The molecule has 4 rings (SSSR count). The molecule has 0 radical (unpaired) electrons. The number of methoxy groups -OCH3 is 2. The quantitative estimate of drug-likeness (QED) is 0.541. The fourth-order valence-corrected chi connectivity index (χ4v) is 4.11. The fourth-order valence-electron chi connectivity index (χ4n) is 4.11. The molecule has 0 spiro atoms. The van der Waals surface area contributed by atoms with Gasteiger partial charge in [-0.25, -0.2) is 4.79 Å². The van der Waals surface area contributed by atoms with Crippen molar-refractivity contribution >= 4 is 17.4 Å². The number of hydrogen-bond donors (Lipinski definition) is 1. The molecule has 0 bridgehead atoms. The van der Waals surface area contributed by atoms with Gasteiger partial charge >= 0.3 is 5.97 Å². The lowest BCUT2D eigenvalue weighted by atomic mass is 9.92. The van der Waals surface area contributed by atoms with E-state index in [1.54, 1.807) is 48.4 Å². The van der Waals surface area contributed by atoms with Crippen LogP contribution in [0.5, 0.6) is 5.75 Å². The van der Waals surface area contributed by atoms with Crippen LogP contribution in [0.3, 0.4) is 0 Å². The number of ether oxygens (including phenoxy) is 2. The standard InChI is InChI=1S/C27H25NO5/c1-32-22-14-12-19(13-15-22)23-24(20-8-10-21(11-9-20)27(31)33-2)28(26(30)25(23)29)17-16-18-6-4-3-5-7-18/h3-15,24,29H,16-17H2,1-2H3/t24-/m1/s1. The van der Waals surface area contributed by atoms with Crippen LogP contribution in [0.4, 0.5) is 0 Å². The van der Waals surface area contributed by atoms with Gasteiger partial charge in [-0.3, -0.25) is 4.79 Å². The minimum atomic E-state index is -0.499. The fraction of sp³-hybridized carbons (Fsp3) is 0.185. The zero-order valence-electron chi connectivity index (χ0n) is 18.5. The summed E-state index contributed by atoms with van der Waals surface area (Å²) in [5, 5.41) is 10.9. The molecule has 1 N–H and O–H groups in total. The molecule has 0 saturated carbocycles. The predicted octanol–water partition coefficient (Wildman–Crippen LogP) is 4.58. The van der Waals surface area contributed by atoms with E-state index in [1.165, 1.54) is 7.11 Å². The number of esters is 1. The molecule has 1 aliphatic heterocycles. The molecule has 1 atom stereocenters. The molecule has 1 amide bonds. The second-order valence-electron chi connectivity index (χ2n) is 7.74. The lowest BCUT2D eigenvalue weighted by Gasteiger charge is -2.27. The van der Waals surface area contributed by atoms with Gasteiger partial charge in [-0.2, -0.15) is 0 Å². The van der Waals surface area contributed by atoms with Crippen molar-refractivity contribution in [1.29, 1.82) is 0 Å². The number of hydrogen-bond acceptors (Lipinski definition) is 5. The Morgan fingerprint density at radius 2 is 1.61 bits per heavy atom. The Labute approximate surface area is 192 Å². The van der Waals surface area contributed by atoms with Gasteiger partial charge < -0.3 is 19.5 Å². The first-order valence-electron chi connectivity index (χ1n) is 10.6. The van der Waals surface area contributed by atoms with Crippen molar-refractivity contribution in [3.63, 3.8) is 0 Å². The summed E-state index contributed by atoms with van der Waals surface area (Å²) in [5.41, 5.74) is 3.56. The molecular formula is C27H25NO5. The van der Waals surface area contributed by atoms with Crippen LogP contribution in [0.2, 0.25) is 0 Å². The Kier molecular flexibility index (Phi) is 6.45. The molecule has 0 unspecified atom stereocenters. The second-order valence-corrected chi connectivity index (χ2v) is 7.74. The summed E-state index contributed by atoms with van der Waals surface area (Å²) in [6.45, 7) is 0.427. The molecule has 0 fully saturated rings. The van der Waals surface area contributed by atoms with E-state index >= 15 is 0 Å².